The number of amides is 2. The molecule has 25 heavy (non-hydrogen) atoms. The van der Waals surface area contributed by atoms with Crippen LogP contribution in [0, 0.1) is 0 Å². The van der Waals surface area contributed by atoms with E-state index in [4.69, 9.17) is 4.74 Å². The highest BCUT2D eigenvalue weighted by Gasteiger charge is 2.26. The number of aliphatic hydroxyl groups excluding tert-OH is 2. The van der Waals surface area contributed by atoms with Gasteiger partial charge in [0.05, 0.1) is 31.5 Å². The lowest BCUT2D eigenvalue weighted by molar-refractivity contribution is 0.0879. The topological polar surface area (TPSA) is 95.9 Å². The Bertz CT molecular complexity index is 844. The van der Waals surface area contributed by atoms with E-state index in [1.54, 1.807) is 18.2 Å². The van der Waals surface area contributed by atoms with E-state index in [9.17, 15) is 19.8 Å². The summed E-state index contributed by atoms with van der Waals surface area (Å²) < 4.78 is 5.42. The Balaban J connectivity index is 1.84. The first-order chi connectivity index (χ1) is 12.1. The van der Waals surface area contributed by atoms with Crippen molar-refractivity contribution in [2.24, 2.45) is 0 Å². The van der Waals surface area contributed by atoms with Crippen LogP contribution in [-0.2, 0) is 26.1 Å². The van der Waals surface area contributed by atoms with Crippen molar-refractivity contribution in [2.45, 2.75) is 26.1 Å². The highest BCUT2D eigenvalue weighted by Crippen LogP contribution is 2.29. The van der Waals surface area contributed by atoms with Gasteiger partial charge >= 0.3 is 0 Å². The molecule has 0 aromatic heterocycles. The molecule has 0 spiro atoms. The number of methoxy groups -OCH3 is 1. The van der Waals surface area contributed by atoms with E-state index in [1.165, 1.54) is 7.11 Å². The lowest BCUT2D eigenvalue weighted by Gasteiger charge is -2.15. The van der Waals surface area contributed by atoms with E-state index >= 15 is 0 Å². The zero-order valence-electron chi connectivity index (χ0n) is 13.8. The standard InChI is InChI=1S/C19H19NO5/c1-25-17-12(5-6-13(9-21)16(17)10-22)4-2-11-3-7-14-15(8-11)19(24)20-18(14)23/h3,5-8,21-22H,2,4,9-10H2,1H3,(H,20,23,24). The van der Waals surface area contributed by atoms with Gasteiger partial charge in [0.1, 0.15) is 5.75 Å². The number of fused-ring (bicyclic) bond motifs is 1. The molecule has 3 N–H and O–H groups in total. The van der Waals surface area contributed by atoms with Gasteiger partial charge in [0, 0.05) is 5.56 Å². The van der Waals surface area contributed by atoms with Crippen molar-refractivity contribution in [3.05, 3.63) is 63.7 Å². The number of nitrogens with one attached hydrogen (secondary N) is 1. The van der Waals surface area contributed by atoms with Crippen LogP contribution in [-0.4, -0.2) is 29.1 Å². The van der Waals surface area contributed by atoms with Crippen LogP contribution in [0.2, 0.25) is 0 Å². The summed E-state index contributed by atoms with van der Waals surface area (Å²) in [6.07, 6.45) is 1.28. The SMILES string of the molecule is COc1c(CCc2ccc3c(c2)C(=O)NC3=O)ccc(CO)c1CO. The monoisotopic (exact) mass is 341 g/mol. The van der Waals surface area contributed by atoms with Crippen LogP contribution in [0.4, 0.5) is 0 Å². The van der Waals surface area contributed by atoms with Gasteiger partial charge in [0.15, 0.2) is 0 Å². The van der Waals surface area contributed by atoms with Gasteiger partial charge in [0.2, 0.25) is 0 Å². The molecule has 6 nitrogen and oxygen atoms in total. The summed E-state index contributed by atoms with van der Waals surface area (Å²) in [4.78, 5) is 23.3. The first-order valence-electron chi connectivity index (χ1n) is 7.97. The molecule has 2 aromatic rings. The van der Waals surface area contributed by atoms with Crippen LogP contribution in [0.3, 0.4) is 0 Å². The number of carbonyl (C=O) groups is 2. The third-order valence-electron chi connectivity index (χ3n) is 4.45. The van der Waals surface area contributed by atoms with Crippen molar-refractivity contribution in [3.8, 4) is 5.75 Å². The summed E-state index contributed by atoms with van der Waals surface area (Å²) >= 11 is 0. The largest absolute Gasteiger partial charge is 0.496 e. The first-order valence-corrected chi connectivity index (χ1v) is 7.97. The molecule has 0 bridgehead atoms. The predicted octanol–water partition coefficient (Wildman–Crippen LogP) is 1.35. The molecular weight excluding hydrogens is 322 g/mol. The van der Waals surface area contributed by atoms with Crippen LogP contribution in [0.25, 0.3) is 0 Å². The zero-order valence-corrected chi connectivity index (χ0v) is 13.8. The Morgan fingerprint density at radius 2 is 1.64 bits per heavy atom. The second-order valence-corrected chi connectivity index (χ2v) is 5.88. The van der Waals surface area contributed by atoms with Gasteiger partial charge < -0.3 is 14.9 Å². The smallest absolute Gasteiger partial charge is 0.258 e. The molecule has 1 aliphatic rings. The molecule has 2 amide bonds. The minimum atomic E-state index is -0.366. The Hall–Kier alpha value is -2.70. The Morgan fingerprint density at radius 1 is 0.920 bits per heavy atom. The average Bonchev–Trinajstić information content (AvgIpc) is 2.92. The van der Waals surface area contributed by atoms with Crippen molar-refractivity contribution in [1.29, 1.82) is 0 Å². The fraction of sp³-hybridized carbons (Fsp3) is 0.263. The number of hydrogen-bond acceptors (Lipinski definition) is 5. The molecule has 3 rings (SSSR count). The predicted molar refractivity (Wildman–Crippen MR) is 90.5 cm³/mol. The van der Waals surface area contributed by atoms with Gasteiger partial charge in [-0.3, -0.25) is 14.9 Å². The maximum Gasteiger partial charge on any atom is 0.258 e. The van der Waals surface area contributed by atoms with E-state index in [0.717, 1.165) is 11.1 Å². The summed E-state index contributed by atoms with van der Waals surface area (Å²) in [5.74, 6) is -0.155. The number of imide groups is 1. The molecule has 0 atom stereocenters. The Kier molecular flexibility index (Phi) is 4.83. The van der Waals surface area contributed by atoms with Gasteiger partial charge in [-0.15, -0.1) is 0 Å². The van der Waals surface area contributed by atoms with E-state index in [-0.39, 0.29) is 25.0 Å². The van der Waals surface area contributed by atoms with Crippen LogP contribution in [0.15, 0.2) is 30.3 Å². The van der Waals surface area contributed by atoms with Gasteiger partial charge in [-0.25, -0.2) is 0 Å². The summed E-state index contributed by atoms with van der Waals surface area (Å²) in [5.41, 5.74) is 3.87. The normalized spacial score (nSPS) is 12.9. The van der Waals surface area contributed by atoms with Crippen LogP contribution >= 0.6 is 0 Å². The van der Waals surface area contributed by atoms with Crippen molar-refractivity contribution >= 4 is 11.8 Å². The van der Waals surface area contributed by atoms with Crippen molar-refractivity contribution < 1.29 is 24.5 Å². The maximum absolute atomic E-state index is 11.8. The molecule has 6 heteroatoms. The number of rotatable bonds is 6. The minimum absolute atomic E-state index is 0.166. The van der Waals surface area contributed by atoms with Crippen molar-refractivity contribution in [3.63, 3.8) is 0 Å². The molecule has 0 fully saturated rings. The molecule has 0 unspecified atom stereocenters. The molecule has 2 aromatic carbocycles. The molecule has 0 aliphatic carbocycles. The summed E-state index contributed by atoms with van der Waals surface area (Å²) in [7, 11) is 1.53. The molecule has 1 aliphatic heterocycles. The number of carbonyl (C=O) groups excluding carboxylic acids is 2. The summed E-state index contributed by atoms with van der Waals surface area (Å²) in [6, 6.07) is 8.87. The zero-order chi connectivity index (χ0) is 18.0. The van der Waals surface area contributed by atoms with Crippen molar-refractivity contribution in [1.82, 2.24) is 5.32 Å². The summed E-state index contributed by atoms with van der Waals surface area (Å²) in [5, 5.41) is 21.2. The maximum atomic E-state index is 11.8. The van der Waals surface area contributed by atoms with E-state index in [2.05, 4.69) is 5.32 Å². The third kappa shape index (κ3) is 3.14. The highest BCUT2D eigenvalue weighted by molar-refractivity contribution is 6.21. The Morgan fingerprint density at radius 3 is 2.32 bits per heavy atom. The number of hydrogen-bond donors (Lipinski definition) is 3. The fourth-order valence-electron chi connectivity index (χ4n) is 3.14. The molecular formula is C19H19NO5. The second-order valence-electron chi connectivity index (χ2n) is 5.88. The highest BCUT2D eigenvalue weighted by atomic mass is 16.5. The van der Waals surface area contributed by atoms with E-state index < -0.39 is 0 Å². The quantitative estimate of drug-likeness (QED) is 0.689. The third-order valence-corrected chi connectivity index (χ3v) is 4.45. The van der Waals surface area contributed by atoms with Crippen LogP contribution in [0.1, 0.15) is 43.0 Å². The van der Waals surface area contributed by atoms with Gasteiger partial charge in [-0.05, 0) is 41.7 Å². The minimum Gasteiger partial charge on any atom is -0.496 e. The second kappa shape index (κ2) is 7.04. The molecule has 0 saturated heterocycles. The van der Waals surface area contributed by atoms with Crippen molar-refractivity contribution in [2.75, 3.05) is 7.11 Å². The Labute approximate surface area is 145 Å². The van der Waals surface area contributed by atoms with Crippen LogP contribution in [0.5, 0.6) is 5.75 Å². The van der Waals surface area contributed by atoms with E-state index in [1.807, 2.05) is 12.1 Å². The lowest BCUT2D eigenvalue weighted by Crippen LogP contribution is -2.19. The number of ether oxygens (including phenoxy) is 1. The molecule has 0 saturated carbocycles. The van der Waals surface area contributed by atoms with E-state index in [0.29, 0.717) is 40.8 Å². The van der Waals surface area contributed by atoms with Gasteiger partial charge in [0.25, 0.3) is 11.8 Å². The molecule has 1 heterocycles. The van der Waals surface area contributed by atoms with Crippen LogP contribution < -0.4 is 10.1 Å². The number of aliphatic hydroxyl groups is 2. The number of benzene rings is 2. The fourth-order valence-corrected chi connectivity index (χ4v) is 3.14. The molecule has 0 radical (unpaired) electrons. The first kappa shape index (κ1) is 17.1. The van der Waals surface area contributed by atoms with Gasteiger partial charge in [-0.2, -0.15) is 0 Å². The number of aryl methyl sites for hydroxylation is 2. The lowest BCUT2D eigenvalue weighted by atomic mass is 9.96. The molecule has 130 valence electrons. The van der Waals surface area contributed by atoms with Gasteiger partial charge in [-0.1, -0.05) is 18.2 Å². The average molecular weight is 341 g/mol. The summed E-state index contributed by atoms with van der Waals surface area (Å²) in [6.45, 7) is -0.380.